The van der Waals surface area contributed by atoms with Gasteiger partial charge in [-0.15, -0.1) is 0 Å². The first kappa shape index (κ1) is 24.8. The van der Waals surface area contributed by atoms with E-state index in [0.717, 1.165) is 18.4 Å². The standard InChI is InChI=1S/C26H23F5N6O/c1-12-13(2)34-25-23(33-12)22(17-8-18(26(29,30)31)20(28)9-19(17)27)35-24(36-25)14-5-6-38-21(7-14)15-10-32-37(11-15)16-3-4-16/h8-11,14,16,21H,3-7H2,1-2H3. The molecule has 4 heterocycles. The highest BCUT2D eigenvalue weighted by Crippen LogP contribution is 2.41. The summed E-state index contributed by atoms with van der Waals surface area (Å²) in [6.07, 6.45) is 1.71. The topological polar surface area (TPSA) is 78.6 Å². The van der Waals surface area contributed by atoms with Crippen molar-refractivity contribution in [2.75, 3.05) is 6.61 Å². The summed E-state index contributed by atoms with van der Waals surface area (Å²) in [5.74, 6) is -2.83. The minimum Gasteiger partial charge on any atom is -0.373 e. The molecule has 0 N–H and O–H groups in total. The Bertz CT molecular complexity index is 1550. The number of rotatable bonds is 4. The van der Waals surface area contributed by atoms with Gasteiger partial charge in [0.25, 0.3) is 0 Å². The quantitative estimate of drug-likeness (QED) is 0.294. The van der Waals surface area contributed by atoms with Crippen LogP contribution in [0.1, 0.15) is 72.1 Å². The number of benzene rings is 1. The number of nitrogens with zero attached hydrogens (tertiary/aromatic N) is 6. The van der Waals surface area contributed by atoms with E-state index < -0.39 is 28.9 Å². The molecule has 3 aromatic heterocycles. The molecule has 2 aliphatic rings. The molecular weight excluding hydrogens is 507 g/mol. The first-order valence-corrected chi connectivity index (χ1v) is 12.3. The zero-order chi connectivity index (χ0) is 26.8. The molecule has 1 aliphatic carbocycles. The van der Waals surface area contributed by atoms with Gasteiger partial charge in [-0.05, 0) is 45.6 Å². The molecule has 2 fully saturated rings. The SMILES string of the molecule is Cc1nc2nc(C3CCOC(c4cnn(C5CC5)c4)C3)nc(-c3cc(C(F)(F)F)c(F)cc3F)c2nc1C. The minimum atomic E-state index is -5.02. The average Bonchev–Trinajstić information content (AvgIpc) is 3.60. The number of aryl methyl sites for hydroxylation is 2. The van der Waals surface area contributed by atoms with Crippen molar-refractivity contribution in [3.8, 4) is 11.3 Å². The molecule has 1 aliphatic heterocycles. The highest BCUT2D eigenvalue weighted by atomic mass is 19.4. The van der Waals surface area contributed by atoms with Crippen molar-refractivity contribution >= 4 is 11.2 Å². The number of hydrogen-bond donors (Lipinski definition) is 0. The van der Waals surface area contributed by atoms with Gasteiger partial charge in [-0.1, -0.05) is 0 Å². The third kappa shape index (κ3) is 4.50. The fraction of sp³-hybridized carbons (Fsp3) is 0.423. The van der Waals surface area contributed by atoms with Crippen molar-refractivity contribution in [2.24, 2.45) is 0 Å². The van der Waals surface area contributed by atoms with E-state index in [2.05, 4.69) is 25.0 Å². The van der Waals surface area contributed by atoms with E-state index in [9.17, 15) is 22.0 Å². The van der Waals surface area contributed by atoms with Gasteiger partial charge < -0.3 is 4.74 Å². The zero-order valence-electron chi connectivity index (χ0n) is 20.6. The Hall–Kier alpha value is -3.54. The fourth-order valence-corrected chi connectivity index (χ4v) is 4.77. The second-order valence-electron chi connectivity index (χ2n) is 9.87. The van der Waals surface area contributed by atoms with Gasteiger partial charge in [0.05, 0.1) is 35.3 Å². The summed E-state index contributed by atoms with van der Waals surface area (Å²) in [4.78, 5) is 18.0. The van der Waals surface area contributed by atoms with Gasteiger partial charge in [0.2, 0.25) is 0 Å². The van der Waals surface area contributed by atoms with Gasteiger partial charge in [0.15, 0.2) is 5.65 Å². The molecule has 12 heteroatoms. The van der Waals surface area contributed by atoms with E-state index in [1.54, 1.807) is 20.0 Å². The lowest BCUT2D eigenvalue weighted by Gasteiger charge is -2.28. The highest BCUT2D eigenvalue weighted by Gasteiger charge is 2.36. The van der Waals surface area contributed by atoms with Gasteiger partial charge in [-0.3, -0.25) is 4.68 Å². The molecular formula is C26H23F5N6O. The molecule has 2 atom stereocenters. The van der Waals surface area contributed by atoms with Gasteiger partial charge >= 0.3 is 6.18 Å². The Labute approximate surface area is 214 Å². The maximum absolute atomic E-state index is 15.0. The van der Waals surface area contributed by atoms with E-state index in [1.807, 2.05) is 10.9 Å². The predicted molar refractivity (Wildman–Crippen MR) is 126 cm³/mol. The molecule has 1 aromatic carbocycles. The van der Waals surface area contributed by atoms with Crippen LogP contribution in [0.15, 0.2) is 24.5 Å². The minimum absolute atomic E-state index is 0.0461. The molecule has 198 valence electrons. The van der Waals surface area contributed by atoms with Crippen LogP contribution in [-0.4, -0.2) is 36.3 Å². The van der Waals surface area contributed by atoms with E-state index >= 15 is 0 Å². The molecule has 0 radical (unpaired) electrons. The second kappa shape index (κ2) is 9.04. The number of ether oxygens (including phenoxy) is 1. The van der Waals surface area contributed by atoms with Crippen molar-refractivity contribution in [1.29, 1.82) is 0 Å². The molecule has 0 bridgehead atoms. The summed E-state index contributed by atoms with van der Waals surface area (Å²) in [5.41, 5.74) is -0.0909. The Kier molecular flexibility index (Phi) is 5.89. The number of hydrogen-bond acceptors (Lipinski definition) is 6. The predicted octanol–water partition coefficient (Wildman–Crippen LogP) is 6.17. The van der Waals surface area contributed by atoms with Crippen LogP contribution in [-0.2, 0) is 10.9 Å². The molecule has 0 amide bonds. The summed E-state index contributed by atoms with van der Waals surface area (Å²) in [7, 11) is 0. The maximum atomic E-state index is 15.0. The van der Waals surface area contributed by atoms with Crippen molar-refractivity contribution in [2.45, 2.75) is 63.8 Å². The van der Waals surface area contributed by atoms with Crippen LogP contribution < -0.4 is 0 Å². The molecule has 6 rings (SSSR count). The average molecular weight is 531 g/mol. The largest absolute Gasteiger partial charge is 0.419 e. The Morgan fingerprint density at radius 3 is 2.45 bits per heavy atom. The van der Waals surface area contributed by atoms with E-state index in [-0.39, 0.29) is 34.9 Å². The summed E-state index contributed by atoms with van der Waals surface area (Å²) < 4.78 is 77.5. The molecule has 7 nitrogen and oxygen atoms in total. The van der Waals surface area contributed by atoms with Crippen LogP contribution in [0.3, 0.4) is 0 Å². The van der Waals surface area contributed by atoms with Crippen LogP contribution in [0.4, 0.5) is 22.0 Å². The lowest BCUT2D eigenvalue weighted by Crippen LogP contribution is -2.20. The summed E-state index contributed by atoms with van der Waals surface area (Å²) >= 11 is 0. The first-order valence-electron chi connectivity index (χ1n) is 12.3. The molecule has 4 aromatic rings. The summed E-state index contributed by atoms with van der Waals surface area (Å²) in [6.45, 7) is 3.81. The maximum Gasteiger partial charge on any atom is 0.419 e. The van der Waals surface area contributed by atoms with Gasteiger partial charge in [0.1, 0.15) is 28.7 Å². The van der Waals surface area contributed by atoms with Crippen LogP contribution in [0, 0.1) is 25.5 Å². The molecule has 38 heavy (non-hydrogen) atoms. The number of alkyl halides is 3. The Morgan fingerprint density at radius 2 is 1.71 bits per heavy atom. The molecule has 2 unspecified atom stereocenters. The summed E-state index contributed by atoms with van der Waals surface area (Å²) in [5, 5.41) is 4.43. The van der Waals surface area contributed by atoms with Gasteiger partial charge in [-0.25, -0.2) is 28.7 Å². The number of fused-ring (bicyclic) bond motifs is 1. The highest BCUT2D eigenvalue weighted by molar-refractivity contribution is 5.87. The third-order valence-corrected chi connectivity index (χ3v) is 7.14. The lowest BCUT2D eigenvalue weighted by atomic mass is 9.92. The van der Waals surface area contributed by atoms with Crippen LogP contribution in [0.5, 0.6) is 0 Å². The van der Waals surface area contributed by atoms with Gasteiger partial charge in [-0.2, -0.15) is 18.3 Å². The Morgan fingerprint density at radius 1 is 0.947 bits per heavy atom. The second-order valence-corrected chi connectivity index (χ2v) is 9.87. The van der Waals surface area contributed by atoms with Gasteiger partial charge in [0, 0.05) is 35.9 Å². The van der Waals surface area contributed by atoms with Crippen LogP contribution in [0.25, 0.3) is 22.4 Å². The van der Waals surface area contributed by atoms with Crippen molar-refractivity contribution in [1.82, 2.24) is 29.7 Å². The normalized spacial score (nSPS) is 20.3. The monoisotopic (exact) mass is 530 g/mol. The van der Waals surface area contributed by atoms with Crippen LogP contribution in [0.2, 0.25) is 0 Å². The van der Waals surface area contributed by atoms with E-state index in [0.29, 0.717) is 48.8 Å². The number of aromatic nitrogens is 6. The zero-order valence-corrected chi connectivity index (χ0v) is 20.6. The Balaban J connectivity index is 1.45. The lowest BCUT2D eigenvalue weighted by molar-refractivity contribution is -0.140. The first-order chi connectivity index (χ1) is 18.1. The third-order valence-electron chi connectivity index (χ3n) is 7.14. The van der Waals surface area contributed by atoms with Crippen molar-refractivity contribution in [3.05, 3.63) is 64.5 Å². The molecule has 0 spiro atoms. The van der Waals surface area contributed by atoms with Crippen molar-refractivity contribution in [3.63, 3.8) is 0 Å². The smallest absolute Gasteiger partial charge is 0.373 e. The molecule has 1 saturated carbocycles. The van der Waals surface area contributed by atoms with Crippen LogP contribution >= 0.6 is 0 Å². The fourth-order valence-electron chi connectivity index (χ4n) is 4.77. The molecule has 1 saturated heterocycles. The number of halogens is 5. The van der Waals surface area contributed by atoms with Crippen molar-refractivity contribution < 1.29 is 26.7 Å². The van der Waals surface area contributed by atoms with E-state index in [1.165, 1.54) is 0 Å². The van der Waals surface area contributed by atoms with E-state index in [4.69, 9.17) is 4.74 Å². The summed E-state index contributed by atoms with van der Waals surface area (Å²) in [6, 6.07) is 1.08.